The molecule has 0 radical (unpaired) electrons. The van der Waals surface area contributed by atoms with Gasteiger partial charge in [-0.1, -0.05) is 6.07 Å². The zero-order chi connectivity index (χ0) is 21.3. The van der Waals surface area contributed by atoms with Gasteiger partial charge in [0, 0.05) is 12.1 Å². The van der Waals surface area contributed by atoms with Crippen molar-refractivity contribution in [1.29, 1.82) is 0 Å². The standard InChI is InChI=1S/C21H20N2O7/c1-27-14-9-12(10-15-19(14)30-8-7-29-15)13(11-17(24)28-2)18-20(25)22-16-5-3-4-6-23(16)21(18)26/h3-6,9-10,13,25H,7-8,11H2,1-2H3/t13-/m0/s1. The van der Waals surface area contributed by atoms with Gasteiger partial charge in [0.05, 0.1) is 26.2 Å². The molecule has 156 valence electrons. The molecule has 1 atom stereocenters. The fourth-order valence-corrected chi connectivity index (χ4v) is 3.53. The van der Waals surface area contributed by atoms with Gasteiger partial charge >= 0.3 is 5.97 Å². The van der Waals surface area contributed by atoms with Gasteiger partial charge in [0.15, 0.2) is 11.5 Å². The molecule has 1 N–H and O–H groups in total. The van der Waals surface area contributed by atoms with Crippen molar-refractivity contribution in [3.05, 3.63) is 58.0 Å². The number of hydrogen-bond acceptors (Lipinski definition) is 8. The number of aromatic hydroxyl groups is 1. The topological polar surface area (TPSA) is 109 Å². The van der Waals surface area contributed by atoms with E-state index in [4.69, 9.17) is 18.9 Å². The van der Waals surface area contributed by atoms with Crippen LogP contribution in [0.1, 0.15) is 23.5 Å². The summed E-state index contributed by atoms with van der Waals surface area (Å²) < 4.78 is 22.9. The molecular formula is C21H20N2O7. The Bertz CT molecular complexity index is 1150. The van der Waals surface area contributed by atoms with Crippen molar-refractivity contribution in [2.24, 2.45) is 0 Å². The van der Waals surface area contributed by atoms with Gasteiger partial charge < -0.3 is 24.1 Å². The highest BCUT2D eigenvalue weighted by Crippen LogP contribution is 2.44. The van der Waals surface area contributed by atoms with E-state index in [-0.39, 0.29) is 12.0 Å². The molecule has 0 fully saturated rings. The SMILES string of the molecule is COC(=O)C[C@@H](c1cc(OC)c2c(c1)OCCO2)c1c(O)nc2ccccn2c1=O. The molecule has 0 aliphatic carbocycles. The van der Waals surface area contributed by atoms with Crippen molar-refractivity contribution >= 4 is 11.6 Å². The predicted molar refractivity (Wildman–Crippen MR) is 106 cm³/mol. The lowest BCUT2D eigenvalue weighted by Crippen LogP contribution is -2.24. The molecule has 1 aliphatic heterocycles. The van der Waals surface area contributed by atoms with Gasteiger partial charge in [-0.25, -0.2) is 0 Å². The Morgan fingerprint density at radius 1 is 1.27 bits per heavy atom. The first-order valence-corrected chi connectivity index (χ1v) is 9.28. The van der Waals surface area contributed by atoms with Crippen LogP contribution < -0.4 is 19.8 Å². The number of esters is 1. The molecule has 9 nitrogen and oxygen atoms in total. The third-order valence-electron chi connectivity index (χ3n) is 4.95. The number of fused-ring (bicyclic) bond motifs is 2. The third-order valence-corrected chi connectivity index (χ3v) is 4.95. The van der Waals surface area contributed by atoms with E-state index in [2.05, 4.69) is 4.98 Å². The van der Waals surface area contributed by atoms with Gasteiger partial charge in [-0.05, 0) is 29.8 Å². The molecule has 3 heterocycles. The Labute approximate surface area is 171 Å². The Hall–Kier alpha value is -3.75. The number of pyridine rings is 1. The van der Waals surface area contributed by atoms with Crippen molar-refractivity contribution in [3.8, 4) is 23.1 Å². The third kappa shape index (κ3) is 3.38. The smallest absolute Gasteiger partial charge is 0.306 e. The first kappa shape index (κ1) is 19.6. The van der Waals surface area contributed by atoms with Gasteiger partial charge in [-0.3, -0.25) is 14.0 Å². The van der Waals surface area contributed by atoms with E-state index in [0.717, 1.165) is 0 Å². The first-order valence-electron chi connectivity index (χ1n) is 9.28. The van der Waals surface area contributed by atoms with Gasteiger partial charge in [-0.15, -0.1) is 0 Å². The van der Waals surface area contributed by atoms with Crippen molar-refractivity contribution in [3.63, 3.8) is 0 Å². The van der Waals surface area contributed by atoms with Crippen molar-refractivity contribution in [1.82, 2.24) is 9.38 Å². The van der Waals surface area contributed by atoms with E-state index < -0.39 is 23.3 Å². The van der Waals surface area contributed by atoms with E-state index in [0.29, 0.717) is 41.7 Å². The molecule has 3 aromatic rings. The Morgan fingerprint density at radius 2 is 2.07 bits per heavy atom. The van der Waals surface area contributed by atoms with Crippen molar-refractivity contribution in [2.75, 3.05) is 27.4 Å². The number of ether oxygens (including phenoxy) is 4. The highest BCUT2D eigenvalue weighted by atomic mass is 16.6. The summed E-state index contributed by atoms with van der Waals surface area (Å²) >= 11 is 0. The summed E-state index contributed by atoms with van der Waals surface area (Å²) in [6.45, 7) is 0.734. The molecule has 9 heteroatoms. The highest BCUT2D eigenvalue weighted by molar-refractivity contribution is 5.72. The van der Waals surface area contributed by atoms with Gasteiger partial charge in [0.25, 0.3) is 5.56 Å². The van der Waals surface area contributed by atoms with Crippen molar-refractivity contribution < 1.29 is 28.8 Å². The lowest BCUT2D eigenvalue weighted by Gasteiger charge is -2.24. The maximum atomic E-state index is 13.2. The fraction of sp³-hybridized carbons (Fsp3) is 0.286. The summed E-state index contributed by atoms with van der Waals surface area (Å²) in [7, 11) is 2.74. The molecular weight excluding hydrogens is 392 g/mol. The second kappa shape index (κ2) is 7.94. The minimum Gasteiger partial charge on any atom is -0.493 e. The Morgan fingerprint density at radius 3 is 2.83 bits per heavy atom. The zero-order valence-electron chi connectivity index (χ0n) is 16.5. The lowest BCUT2D eigenvalue weighted by atomic mass is 9.89. The average Bonchev–Trinajstić information content (AvgIpc) is 2.77. The van der Waals surface area contributed by atoms with E-state index in [1.165, 1.54) is 18.6 Å². The molecule has 0 saturated heterocycles. The molecule has 1 aromatic carbocycles. The second-order valence-corrected chi connectivity index (χ2v) is 6.66. The minimum atomic E-state index is -0.848. The molecule has 0 amide bonds. The van der Waals surface area contributed by atoms with Gasteiger partial charge in [-0.2, -0.15) is 4.98 Å². The maximum absolute atomic E-state index is 13.2. The van der Waals surface area contributed by atoms with Crippen LogP contribution in [0.2, 0.25) is 0 Å². The number of benzene rings is 1. The maximum Gasteiger partial charge on any atom is 0.306 e. The molecule has 1 aliphatic rings. The largest absolute Gasteiger partial charge is 0.493 e. The summed E-state index contributed by atoms with van der Waals surface area (Å²) in [5.41, 5.74) is 0.301. The van der Waals surface area contributed by atoms with Crippen LogP contribution in [0.3, 0.4) is 0 Å². The molecule has 0 saturated carbocycles. The van der Waals surface area contributed by atoms with Crippen LogP contribution in [-0.2, 0) is 9.53 Å². The molecule has 30 heavy (non-hydrogen) atoms. The molecule has 2 aromatic heterocycles. The number of nitrogens with zero attached hydrogens (tertiary/aromatic N) is 2. The molecule has 0 bridgehead atoms. The first-order chi connectivity index (χ1) is 14.5. The van der Waals surface area contributed by atoms with Crippen LogP contribution in [0.25, 0.3) is 5.65 Å². The summed E-state index contributed by atoms with van der Waals surface area (Å²) in [4.78, 5) is 29.5. The monoisotopic (exact) mass is 412 g/mol. The predicted octanol–water partition coefficient (Wildman–Crippen LogP) is 1.87. The Balaban J connectivity index is 1.94. The van der Waals surface area contributed by atoms with E-state index in [9.17, 15) is 14.7 Å². The summed E-state index contributed by atoms with van der Waals surface area (Å²) in [6.07, 6.45) is 1.36. The number of methoxy groups -OCH3 is 2. The zero-order valence-corrected chi connectivity index (χ0v) is 16.5. The van der Waals surface area contributed by atoms with E-state index in [1.54, 1.807) is 36.5 Å². The van der Waals surface area contributed by atoms with Crippen LogP contribution in [0.15, 0.2) is 41.3 Å². The number of carbonyl (C=O) groups excluding carboxylic acids is 1. The van der Waals surface area contributed by atoms with Crippen LogP contribution >= 0.6 is 0 Å². The molecule has 0 unspecified atom stereocenters. The summed E-state index contributed by atoms with van der Waals surface area (Å²) in [5, 5.41) is 10.6. The minimum absolute atomic E-state index is 0.0252. The second-order valence-electron chi connectivity index (χ2n) is 6.66. The van der Waals surface area contributed by atoms with Crippen LogP contribution in [0, 0.1) is 0 Å². The number of carbonyl (C=O) groups is 1. The highest BCUT2D eigenvalue weighted by Gasteiger charge is 2.30. The quantitative estimate of drug-likeness (QED) is 0.633. The normalized spacial score (nSPS) is 13.7. The molecule has 0 spiro atoms. The number of aromatic nitrogens is 2. The van der Waals surface area contributed by atoms with Crippen molar-refractivity contribution in [2.45, 2.75) is 12.3 Å². The summed E-state index contributed by atoms with van der Waals surface area (Å²) in [5.74, 6) is -0.579. The van der Waals surface area contributed by atoms with E-state index in [1.807, 2.05) is 0 Å². The Kier molecular flexibility index (Phi) is 5.18. The van der Waals surface area contributed by atoms with Crippen LogP contribution in [0.5, 0.6) is 23.1 Å². The average molecular weight is 412 g/mol. The molecule has 4 rings (SSSR count). The van der Waals surface area contributed by atoms with Crippen LogP contribution in [-0.4, -0.2) is 47.9 Å². The lowest BCUT2D eigenvalue weighted by molar-refractivity contribution is -0.140. The number of hydrogen-bond donors (Lipinski definition) is 1. The summed E-state index contributed by atoms with van der Waals surface area (Å²) in [6, 6.07) is 8.31. The van der Waals surface area contributed by atoms with Gasteiger partial charge in [0.2, 0.25) is 11.6 Å². The fourth-order valence-electron chi connectivity index (χ4n) is 3.53. The van der Waals surface area contributed by atoms with E-state index >= 15 is 0 Å². The van der Waals surface area contributed by atoms with Gasteiger partial charge in [0.1, 0.15) is 18.9 Å². The number of rotatable bonds is 5. The van der Waals surface area contributed by atoms with Crippen LogP contribution in [0.4, 0.5) is 0 Å².